The molecular formula is C25H40NO12PS2. The van der Waals surface area contributed by atoms with Gasteiger partial charge in [0.05, 0.1) is 6.61 Å². The SMILES string of the molecule is CC(=O)SCCCC(=O)CCCC(=O)[C@@H]1OP(=O)(OCOC(=O)N[C@@H](CSC(=O)C(C)(C)C)C(=O)O)OCC1(C)C. The molecule has 1 saturated heterocycles. The van der Waals surface area contributed by atoms with Gasteiger partial charge in [-0.15, -0.1) is 0 Å². The van der Waals surface area contributed by atoms with Gasteiger partial charge in [0.25, 0.3) is 0 Å². The summed E-state index contributed by atoms with van der Waals surface area (Å²) in [6, 6.07) is -1.44. The second kappa shape index (κ2) is 16.8. The van der Waals surface area contributed by atoms with Crippen LogP contribution in [0.3, 0.4) is 0 Å². The molecule has 16 heteroatoms. The van der Waals surface area contributed by atoms with E-state index in [9.17, 15) is 38.4 Å². The molecule has 1 amide bonds. The zero-order valence-electron chi connectivity index (χ0n) is 24.2. The Morgan fingerprint density at radius 1 is 1.07 bits per heavy atom. The minimum atomic E-state index is -4.32. The van der Waals surface area contributed by atoms with Gasteiger partial charge >= 0.3 is 19.9 Å². The molecule has 13 nitrogen and oxygen atoms in total. The summed E-state index contributed by atoms with van der Waals surface area (Å²) < 4.78 is 33.3. The zero-order chi connectivity index (χ0) is 31.4. The van der Waals surface area contributed by atoms with E-state index in [2.05, 4.69) is 5.32 Å². The Morgan fingerprint density at radius 3 is 2.29 bits per heavy atom. The van der Waals surface area contributed by atoms with Gasteiger partial charge in [0.1, 0.15) is 17.9 Å². The van der Waals surface area contributed by atoms with Gasteiger partial charge in [-0.3, -0.25) is 28.2 Å². The highest BCUT2D eigenvalue weighted by molar-refractivity contribution is 8.13. The van der Waals surface area contributed by atoms with E-state index in [0.717, 1.165) is 23.5 Å². The number of phosphoric ester groups is 1. The Kier molecular flexibility index (Phi) is 15.2. The van der Waals surface area contributed by atoms with Crippen molar-refractivity contribution < 1.29 is 56.7 Å². The minimum Gasteiger partial charge on any atom is -0.480 e. The number of carbonyl (C=O) groups excluding carboxylic acids is 5. The molecule has 1 aliphatic heterocycles. The minimum absolute atomic E-state index is 0.00670. The predicted molar refractivity (Wildman–Crippen MR) is 152 cm³/mol. The van der Waals surface area contributed by atoms with Gasteiger partial charge in [-0.25, -0.2) is 18.7 Å². The molecule has 0 saturated carbocycles. The third kappa shape index (κ3) is 14.3. The van der Waals surface area contributed by atoms with Crippen LogP contribution in [0.25, 0.3) is 0 Å². The fraction of sp³-hybridized carbons (Fsp3) is 0.760. The number of rotatable bonds is 16. The zero-order valence-corrected chi connectivity index (χ0v) is 26.7. The molecule has 41 heavy (non-hydrogen) atoms. The van der Waals surface area contributed by atoms with Crippen molar-refractivity contribution in [2.45, 2.75) is 85.8 Å². The fourth-order valence-electron chi connectivity index (χ4n) is 3.27. The number of carboxylic acid groups (broad SMARTS) is 1. The van der Waals surface area contributed by atoms with Crippen LogP contribution in [0.4, 0.5) is 4.79 Å². The van der Waals surface area contributed by atoms with Crippen LogP contribution in [0.1, 0.15) is 73.6 Å². The maximum atomic E-state index is 13.0. The largest absolute Gasteiger partial charge is 0.480 e. The van der Waals surface area contributed by atoms with Gasteiger partial charge in [0.2, 0.25) is 6.79 Å². The molecule has 3 atom stereocenters. The average Bonchev–Trinajstić information content (AvgIpc) is 2.85. The maximum absolute atomic E-state index is 13.0. The van der Waals surface area contributed by atoms with Crippen LogP contribution in [-0.4, -0.2) is 76.0 Å². The lowest BCUT2D eigenvalue weighted by Gasteiger charge is -2.39. The highest BCUT2D eigenvalue weighted by Gasteiger charge is 2.48. The van der Waals surface area contributed by atoms with Crippen molar-refractivity contribution >= 4 is 65.2 Å². The average molecular weight is 642 g/mol. The first-order valence-corrected chi connectivity index (χ1v) is 16.4. The van der Waals surface area contributed by atoms with Crippen molar-refractivity contribution in [1.82, 2.24) is 5.32 Å². The summed E-state index contributed by atoms with van der Waals surface area (Å²) in [4.78, 5) is 71.4. The number of Topliss-reactive ketones (excluding diaryl/α,β-unsaturated/α-hetero) is 2. The second-order valence-electron chi connectivity index (χ2n) is 11.1. The molecule has 0 aromatic carbocycles. The number of nitrogens with one attached hydrogen (secondary N) is 1. The molecule has 1 rings (SSSR count). The molecule has 1 aliphatic rings. The summed E-state index contributed by atoms with van der Waals surface area (Å²) in [6.45, 7) is 8.75. The van der Waals surface area contributed by atoms with Crippen LogP contribution in [0.2, 0.25) is 0 Å². The lowest BCUT2D eigenvalue weighted by atomic mass is 9.84. The van der Waals surface area contributed by atoms with Crippen molar-refractivity contribution in [3.05, 3.63) is 0 Å². The number of carboxylic acids is 1. The number of aliphatic carboxylic acids is 1. The van der Waals surface area contributed by atoms with Gasteiger partial charge < -0.3 is 15.2 Å². The van der Waals surface area contributed by atoms with Crippen LogP contribution in [-0.2, 0) is 46.8 Å². The normalized spacial score (nSPS) is 21.0. The molecule has 0 bridgehead atoms. The summed E-state index contributed by atoms with van der Waals surface area (Å²) in [5.41, 5.74) is -1.56. The number of phosphoric acid groups is 1. The van der Waals surface area contributed by atoms with Gasteiger partial charge in [-0.2, -0.15) is 0 Å². The van der Waals surface area contributed by atoms with Crippen molar-refractivity contribution in [3.63, 3.8) is 0 Å². The van der Waals surface area contributed by atoms with Crippen LogP contribution < -0.4 is 5.32 Å². The van der Waals surface area contributed by atoms with Crippen LogP contribution in [0.15, 0.2) is 0 Å². The number of carbonyl (C=O) groups is 6. The second-order valence-corrected chi connectivity index (χ2v) is 14.9. The molecule has 1 unspecified atom stereocenters. The number of thioether (sulfide) groups is 2. The van der Waals surface area contributed by atoms with Crippen molar-refractivity contribution in [2.24, 2.45) is 10.8 Å². The Bertz CT molecular complexity index is 1030. The molecule has 1 heterocycles. The van der Waals surface area contributed by atoms with Gasteiger partial charge in [-0.1, -0.05) is 58.1 Å². The molecule has 0 aromatic rings. The lowest BCUT2D eigenvalue weighted by molar-refractivity contribution is -0.140. The molecule has 2 N–H and O–H groups in total. The van der Waals surface area contributed by atoms with Gasteiger partial charge in [-0.05, 0) is 12.8 Å². The molecule has 0 aliphatic carbocycles. The van der Waals surface area contributed by atoms with E-state index in [-0.39, 0.29) is 47.6 Å². The Hall–Kier alpha value is -1.77. The molecule has 0 spiro atoms. The predicted octanol–water partition coefficient (Wildman–Crippen LogP) is 4.36. The number of ether oxygens (including phenoxy) is 1. The standard InChI is InChI=1S/C25H40NO12PS2/c1-16(27)40-12-8-10-17(28)9-7-11-19(29)20-25(5,6)14-36-39(34,38-20)37-15-35-23(33)26-18(21(30)31)13-41-22(32)24(2,3)4/h18,20H,7-15H2,1-6H3,(H,26,33)(H,30,31)/t18-,20-,39?/m0/s1. The van der Waals surface area contributed by atoms with Crippen LogP contribution >= 0.6 is 31.3 Å². The molecule has 0 radical (unpaired) electrons. The highest BCUT2D eigenvalue weighted by Crippen LogP contribution is 2.57. The smallest absolute Gasteiger partial charge is 0.478 e. The summed E-state index contributed by atoms with van der Waals surface area (Å²) in [6.07, 6.45) is -1.06. The third-order valence-corrected chi connectivity index (χ3v) is 9.21. The number of alkyl carbamates (subject to hydrolysis) is 1. The Balaban J connectivity index is 2.55. The number of amides is 1. The Morgan fingerprint density at radius 2 is 1.71 bits per heavy atom. The summed E-state index contributed by atoms with van der Waals surface area (Å²) in [5.74, 6) is -1.49. The van der Waals surface area contributed by atoms with E-state index in [4.69, 9.17) is 18.3 Å². The topological polar surface area (TPSA) is 189 Å². The van der Waals surface area contributed by atoms with Crippen molar-refractivity contribution in [1.29, 1.82) is 0 Å². The molecule has 1 fully saturated rings. The quantitative estimate of drug-likeness (QED) is 0.137. The van der Waals surface area contributed by atoms with E-state index in [1.165, 1.54) is 6.92 Å². The van der Waals surface area contributed by atoms with E-state index in [1.54, 1.807) is 34.6 Å². The fourth-order valence-corrected chi connectivity index (χ4v) is 6.35. The number of ketones is 2. The Labute approximate surface area is 248 Å². The lowest BCUT2D eigenvalue weighted by Crippen LogP contribution is -2.45. The number of hydrogen-bond donors (Lipinski definition) is 2. The maximum Gasteiger partial charge on any atom is 0.478 e. The van der Waals surface area contributed by atoms with Gasteiger partial charge in [0.15, 0.2) is 16.0 Å². The van der Waals surface area contributed by atoms with E-state index in [0.29, 0.717) is 18.6 Å². The first-order valence-electron chi connectivity index (χ1n) is 12.9. The van der Waals surface area contributed by atoms with Crippen molar-refractivity contribution in [3.8, 4) is 0 Å². The van der Waals surface area contributed by atoms with Crippen molar-refractivity contribution in [2.75, 3.05) is 24.9 Å². The number of hydrogen-bond acceptors (Lipinski definition) is 13. The summed E-state index contributed by atoms with van der Waals surface area (Å²) >= 11 is 1.91. The molecule has 0 aromatic heterocycles. The molecule has 234 valence electrons. The van der Waals surface area contributed by atoms with Crippen LogP contribution in [0, 0.1) is 10.8 Å². The first kappa shape index (κ1) is 37.3. The monoisotopic (exact) mass is 641 g/mol. The third-order valence-electron chi connectivity index (χ3n) is 5.60. The van der Waals surface area contributed by atoms with Crippen LogP contribution in [0.5, 0.6) is 0 Å². The first-order chi connectivity index (χ1) is 18.9. The van der Waals surface area contributed by atoms with Gasteiger partial charge in [0, 0.05) is 48.5 Å². The van der Waals surface area contributed by atoms with E-state index >= 15 is 0 Å². The molecular weight excluding hydrogens is 601 g/mol. The van der Waals surface area contributed by atoms with E-state index in [1.807, 2.05) is 0 Å². The summed E-state index contributed by atoms with van der Waals surface area (Å²) in [5, 5.41) is 11.1. The van der Waals surface area contributed by atoms with E-state index < -0.39 is 55.4 Å². The highest BCUT2D eigenvalue weighted by atomic mass is 32.2. The summed E-state index contributed by atoms with van der Waals surface area (Å²) in [7, 11) is -4.32.